The van der Waals surface area contributed by atoms with Crippen LogP contribution < -0.4 is 10.2 Å². The molecule has 0 radical (unpaired) electrons. The number of carbonyl (C=O) groups is 2. The molecular weight excluding hydrogens is 318 g/mol. The number of para-hydroxylation sites is 1. The molecule has 2 N–H and O–H groups in total. The van der Waals surface area contributed by atoms with Crippen LogP contribution in [0, 0.1) is 5.92 Å². The van der Waals surface area contributed by atoms with Crippen molar-refractivity contribution in [2.75, 3.05) is 16.8 Å². The SMILES string of the molecule is O=C(Nc1ncccc1O)[C@H]1CC(=O)N(c2ccccc2Cl)C1. The minimum absolute atomic E-state index is 0.0844. The molecule has 1 aromatic carbocycles. The van der Waals surface area contributed by atoms with Gasteiger partial charge >= 0.3 is 0 Å². The molecule has 0 spiro atoms. The van der Waals surface area contributed by atoms with E-state index in [4.69, 9.17) is 11.6 Å². The number of rotatable bonds is 3. The smallest absolute Gasteiger partial charge is 0.231 e. The highest BCUT2D eigenvalue weighted by Crippen LogP contribution is 2.31. The molecule has 2 amide bonds. The summed E-state index contributed by atoms with van der Waals surface area (Å²) in [5.41, 5.74) is 0.593. The summed E-state index contributed by atoms with van der Waals surface area (Å²) in [6.45, 7) is 0.238. The van der Waals surface area contributed by atoms with E-state index in [-0.39, 0.29) is 36.3 Å². The number of amides is 2. The number of carbonyl (C=O) groups excluding carboxylic acids is 2. The van der Waals surface area contributed by atoms with Crippen LogP contribution in [0.1, 0.15) is 6.42 Å². The third kappa shape index (κ3) is 3.12. The van der Waals surface area contributed by atoms with Crippen LogP contribution in [-0.2, 0) is 9.59 Å². The van der Waals surface area contributed by atoms with Gasteiger partial charge in [-0.3, -0.25) is 9.59 Å². The van der Waals surface area contributed by atoms with Gasteiger partial charge in [-0.05, 0) is 24.3 Å². The van der Waals surface area contributed by atoms with E-state index in [1.807, 2.05) is 0 Å². The zero-order valence-electron chi connectivity index (χ0n) is 12.1. The van der Waals surface area contributed by atoms with E-state index < -0.39 is 5.92 Å². The summed E-state index contributed by atoms with van der Waals surface area (Å²) in [6, 6.07) is 9.99. The summed E-state index contributed by atoms with van der Waals surface area (Å²) in [7, 11) is 0. The summed E-state index contributed by atoms with van der Waals surface area (Å²) < 4.78 is 0. The van der Waals surface area contributed by atoms with Crippen molar-refractivity contribution in [3.05, 3.63) is 47.6 Å². The van der Waals surface area contributed by atoms with Crippen LogP contribution in [0.5, 0.6) is 5.75 Å². The van der Waals surface area contributed by atoms with Crippen LogP contribution >= 0.6 is 11.6 Å². The maximum Gasteiger partial charge on any atom is 0.231 e. The van der Waals surface area contributed by atoms with Crippen LogP contribution in [0.4, 0.5) is 11.5 Å². The van der Waals surface area contributed by atoms with Gasteiger partial charge in [-0.1, -0.05) is 23.7 Å². The van der Waals surface area contributed by atoms with Crippen LogP contribution in [0.15, 0.2) is 42.6 Å². The standard InChI is InChI=1S/C16H14ClN3O3/c17-11-4-1-2-5-12(11)20-9-10(8-14(20)22)16(23)19-15-13(21)6-3-7-18-15/h1-7,10,21H,8-9H2,(H,18,19,23)/t10-/m0/s1. The average molecular weight is 332 g/mol. The second kappa shape index (κ2) is 6.26. The fourth-order valence-corrected chi connectivity index (χ4v) is 2.74. The number of hydrogen-bond acceptors (Lipinski definition) is 4. The topological polar surface area (TPSA) is 82.5 Å². The lowest BCUT2D eigenvalue weighted by atomic mass is 10.1. The lowest BCUT2D eigenvalue weighted by Crippen LogP contribution is -2.28. The molecule has 7 heteroatoms. The molecule has 118 valence electrons. The summed E-state index contributed by atoms with van der Waals surface area (Å²) in [5.74, 6) is -1.08. The van der Waals surface area contributed by atoms with Crippen LogP contribution in [-0.4, -0.2) is 28.4 Å². The van der Waals surface area contributed by atoms with Gasteiger partial charge in [0.15, 0.2) is 11.6 Å². The van der Waals surface area contributed by atoms with Gasteiger partial charge < -0.3 is 15.3 Å². The predicted octanol–water partition coefficient (Wildman–Crippen LogP) is 2.43. The van der Waals surface area contributed by atoms with Gasteiger partial charge in [0.2, 0.25) is 11.8 Å². The first-order valence-corrected chi connectivity index (χ1v) is 7.44. The van der Waals surface area contributed by atoms with Crippen molar-refractivity contribution in [1.29, 1.82) is 0 Å². The van der Waals surface area contributed by atoms with Gasteiger partial charge in [0.25, 0.3) is 0 Å². The maximum atomic E-state index is 12.3. The van der Waals surface area contributed by atoms with Crippen LogP contribution in [0.2, 0.25) is 5.02 Å². The third-order valence-corrected chi connectivity index (χ3v) is 3.99. The molecule has 0 unspecified atom stereocenters. The number of anilines is 2. The lowest BCUT2D eigenvalue weighted by Gasteiger charge is -2.18. The Morgan fingerprint density at radius 1 is 1.30 bits per heavy atom. The summed E-state index contributed by atoms with van der Waals surface area (Å²) in [4.78, 5) is 29.9. The largest absolute Gasteiger partial charge is 0.504 e. The Morgan fingerprint density at radius 2 is 2.09 bits per heavy atom. The van der Waals surface area contributed by atoms with Crippen LogP contribution in [0.3, 0.4) is 0 Å². The van der Waals surface area contributed by atoms with Crippen molar-refractivity contribution in [2.45, 2.75) is 6.42 Å². The van der Waals surface area contributed by atoms with E-state index in [1.54, 1.807) is 30.3 Å². The number of hydrogen-bond donors (Lipinski definition) is 2. The first-order valence-electron chi connectivity index (χ1n) is 7.06. The highest BCUT2D eigenvalue weighted by Gasteiger charge is 2.36. The molecule has 3 rings (SSSR count). The Balaban J connectivity index is 1.74. The van der Waals surface area contributed by atoms with Crippen molar-refractivity contribution in [1.82, 2.24) is 4.98 Å². The van der Waals surface area contributed by atoms with Crippen molar-refractivity contribution >= 4 is 34.9 Å². The fourth-order valence-electron chi connectivity index (χ4n) is 2.50. The molecule has 1 atom stereocenters. The van der Waals surface area contributed by atoms with E-state index in [0.717, 1.165) is 0 Å². The Kier molecular flexibility index (Phi) is 4.16. The van der Waals surface area contributed by atoms with Crippen LogP contribution in [0.25, 0.3) is 0 Å². The number of nitrogens with zero attached hydrogens (tertiary/aromatic N) is 2. The van der Waals surface area contributed by atoms with Gasteiger partial charge in [-0.25, -0.2) is 4.98 Å². The van der Waals surface area contributed by atoms with E-state index in [2.05, 4.69) is 10.3 Å². The van der Waals surface area contributed by atoms with E-state index in [0.29, 0.717) is 10.7 Å². The second-order valence-corrected chi connectivity index (χ2v) is 5.62. The van der Waals surface area contributed by atoms with Crippen molar-refractivity contribution in [2.24, 2.45) is 5.92 Å². The molecular formula is C16H14ClN3O3. The Labute approximate surface area is 137 Å². The van der Waals surface area contributed by atoms with E-state index >= 15 is 0 Å². The summed E-state index contributed by atoms with van der Waals surface area (Å²) >= 11 is 6.11. The zero-order chi connectivity index (χ0) is 16.4. The van der Waals surface area contributed by atoms with Gasteiger partial charge in [-0.2, -0.15) is 0 Å². The second-order valence-electron chi connectivity index (χ2n) is 5.22. The molecule has 1 saturated heterocycles. The van der Waals surface area contributed by atoms with E-state index in [9.17, 15) is 14.7 Å². The molecule has 0 aliphatic carbocycles. The number of pyridine rings is 1. The van der Waals surface area contributed by atoms with Gasteiger partial charge in [0.1, 0.15) is 0 Å². The Hall–Kier alpha value is -2.60. The highest BCUT2D eigenvalue weighted by atomic mass is 35.5. The summed E-state index contributed by atoms with van der Waals surface area (Å²) in [6.07, 6.45) is 1.55. The molecule has 6 nitrogen and oxygen atoms in total. The minimum atomic E-state index is -0.528. The number of benzene rings is 1. The van der Waals surface area contributed by atoms with Crippen molar-refractivity contribution < 1.29 is 14.7 Å². The number of nitrogens with one attached hydrogen (secondary N) is 1. The molecule has 0 saturated carbocycles. The van der Waals surface area contributed by atoms with Gasteiger partial charge in [0, 0.05) is 19.2 Å². The first-order chi connectivity index (χ1) is 11.1. The van der Waals surface area contributed by atoms with E-state index in [1.165, 1.54) is 17.2 Å². The number of halogens is 1. The Morgan fingerprint density at radius 3 is 2.83 bits per heavy atom. The first kappa shape index (κ1) is 15.3. The van der Waals surface area contributed by atoms with Crippen molar-refractivity contribution in [3.8, 4) is 5.75 Å². The van der Waals surface area contributed by atoms with Gasteiger partial charge in [0.05, 0.1) is 16.6 Å². The molecule has 1 aromatic heterocycles. The van der Waals surface area contributed by atoms with Gasteiger partial charge in [-0.15, -0.1) is 0 Å². The molecule has 1 fully saturated rings. The number of aromatic nitrogens is 1. The normalized spacial score (nSPS) is 17.3. The Bertz CT molecular complexity index is 766. The molecule has 1 aliphatic rings. The quantitative estimate of drug-likeness (QED) is 0.905. The summed E-state index contributed by atoms with van der Waals surface area (Å²) in [5, 5.41) is 12.7. The average Bonchev–Trinajstić information content (AvgIpc) is 2.92. The maximum absolute atomic E-state index is 12.3. The predicted molar refractivity (Wildman–Crippen MR) is 86.4 cm³/mol. The molecule has 0 bridgehead atoms. The fraction of sp³-hybridized carbons (Fsp3) is 0.188. The molecule has 1 aliphatic heterocycles. The number of aromatic hydroxyl groups is 1. The van der Waals surface area contributed by atoms with Crippen molar-refractivity contribution in [3.63, 3.8) is 0 Å². The molecule has 2 aromatic rings. The molecule has 2 heterocycles. The monoisotopic (exact) mass is 331 g/mol. The molecule has 23 heavy (non-hydrogen) atoms. The lowest BCUT2D eigenvalue weighted by molar-refractivity contribution is -0.122. The minimum Gasteiger partial charge on any atom is -0.504 e. The third-order valence-electron chi connectivity index (χ3n) is 3.67. The highest BCUT2D eigenvalue weighted by molar-refractivity contribution is 6.33. The zero-order valence-corrected chi connectivity index (χ0v) is 12.8.